The Bertz CT molecular complexity index is 202. The van der Waals surface area contributed by atoms with Crippen LogP contribution in [-0.4, -0.2) is 36.6 Å². The summed E-state index contributed by atoms with van der Waals surface area (Å²) in [5, 5.41) is 24.8. The molecule has 1 aromatic carbocycles. The first-order valence-corrected chi connectivity index (χ1v) is 3.80. The fourth-order valence-corrected chi connectivity index (χ4v) is 0.385. The van der Waals surface area contributed by atoms with Crippen LogP contribution in [-0.2, 0) is 9.59 Å². The van der Waals surface area contributed by atoms with Gasteiger partial charge in [-0.1, -0.05) is 36.4 Å². The van der Waals surface area contributed by atoms with Crippen LogP contribution in [0.5, 0.6) is 0 Å². The molecule has 6 heteroatoms. The molecule has 16 heavy (non-hydrogen) atoms. The van der Waals surface area contributed by atoms with Crippen LogP contribution in [0.15, 0.2) is 36.4 Å². The molecule has 6 nitrogen and oxygen atoms in total. The second-order valence-corrected chi connectivity index (χ2v) is 1.36. The lowest BCUT2D eigenvalue weighted by atomic mass is 10.4. The maximum atomic E-state index is 8.35. The van der Waals surface area contributed by atoms with Gasteiger partial charge in [-0.05, 0) is 0 Å². The zero-order valence-corrected chi connectivity index (χ0v) is 9.18. The number of nitrogens with one attached hydrogen (secondary N) is 2. The van der Waals surface area contributed by atoms with E-state index in [-0.39, 0.29) is 0 Å². The maximum Gasteiger partial charge on any atom is 0.231 e. The Kier molecular flexibility index (Phi) is 77.4. The summed E-state index contributed by atoms with van der Waals surface area (Å²) in [6.45, 7) is 0. The van der Waals surface area contributed by atoms with Crippen molar-refractivity contribution in [1.29, 1.82) is 10.8 Å². The molecule has 1 rings (SSSR count). The summed E-state index contributed by atoms with van der Waals surface area (Å²) in [5.41, 5.74) is 0. The number of rotatable bonds is 0. The van der Waals surface area contributed by atoms with Gasteiger partial charge in [0, 0.05) is 14.2 Å². The summed E-state index contributed by atoms with van der Waals surface area (Å²) < 4.78 is 0. The highest BCUT2D eigenvalue weighted by Crippen LogP contribution is 1.79. The normalized spacial score (nSPS) is 4.75. The smallest absolute Gasteiger partial charge is 0.231 e. The van der Waals surface area contributed by atoms with Gasteiger partial charge in [0.1, 0.15) is 0 Å². The van der Waals surface area contributed by atoms with Crippen molar-refractivity contribution in [2.75, 3.05) is 14.2 Å². The van der Waals surface area contributed by atoms with Gasteiger partial charge in [0.15, 0.2) is 0 Å². The van der Waals surface area contributed by atoms with Gasteiger partial charge in [-0.3, -0.25) is 0 Å². The first-order chi connectivity index (χ1) is 7.83. The Hall–Kier alpha value is -2.10. The lowest BCUT2D eigenvalue weighted by Gasteiger charge is -1.69. The van der Waals surface area contributed by atoms with E-state index in [1.807, 2.05) is 36.4 Å². The maximum absolute atomic E-state index is 8.35. The van der Waals surface area contributed by atoms with Crippen LogP contribution < -0.4 is 0 Å². The van der Waals surface area contributed by atoms with Crippen molar-refractivity contribution in [3.05, 3.63) is 36.4 Å². The van der Waals surface area contributed by atoms with Crippen molar-refractivity contribution in [2.24, 2.45) is 0 Å². The zero-order valence-electron chi connectivity index (χ0n) is 9.18. The van der Waals surface area contributed by atoms with Crippen molar-refractivity contribution >= 4 is 12.2 Å². The number of aliphatic hydroxyl groups excluding tert-OH is 2. The highest BCUT2D eigenvalue weighted by molar-refractivity contribution is 5.26. The Morgan fingerprint density at radius 1 is 0.688 bits per heavy atom. The van der Waals surface area contributed by atoms with E-state index < -0.39 is 0 Å². The van der Waals surface area contributed by atoms with Crippen LogP contribution >= 0.6 is 0 Å². The number of hydrogen-bond donors (Lipinski definition) is 4. The lowest BCUT2D eigenvalue weighted by Crippen LogP contribution is -1.47. The van der Waals surface area contributed by atoms with Crippen molar-refractivity contribution in [1.82, 2.24) is 0 Å². The van der Waals surface area contributed by atoms with Gasteiger partial charge in [0.25, 0.3) is 0 Å². The minimum Gasteiger partial charge on any atom is -0.400 e. The molecule has 0 amide bonds. The van der Waals surface area contributed by atoms with Gasteiger partial charge in [0.2, 0.25) is 12.2 Å². The summed E-state index contributed by atoms with van der Waals surface area (Å²) in [5.74, 6) is 0. The van der Waals surface area contributed by atoms with Gasteiger partial charge >= 0.3 is 0 Å². The van der Waals surface area contributed by atoms with E-state index >= 15 is 0 Å². The second-order valence-electron chi connectivity index (χ2n) is 1.36. The third-order valence-corrected chi connectivity index (χ3v) is 0.667. The molecule has 0 heterocycles. The molecule has 0 radical (unpaired) electrons. The molecule has 0 saturated carbocycles. The van der Waals surface area contributed by atoms with E-state index in [9.17, 15) is 0 Å². The van der Waals surface area contributed by atoms with Crippen LogP contribution in [0.2, 0.25) is 0 Å². The number of isocyanates is 2. The summed E-state index contributed by atoms with van der Waals surface area (Å²) in [6.07, 6.45) is 1.50. The number of aliphatic hydroxyl groups is 2. The molecular weight excluding hydrogens is 212 g/mol. The molecule has 0 aromatic heterocycles. The zero-order chi connectivity index (χ0) is 13.7. The van der Waals surface area contributed by atoms with E-state index in [4.69, 9.17) is 30.6 Å². The monoisotopic (exact) mass is 228 g/mol. The predicted molar refractivity (Wildman–Crippen MR) is 59.6 cm³/mol. The van der Waals surface area contributed by atoms with Gasteiger partial charge in [-0.15, -0.1) is 0 Å². The molecule has 0 aliphatic rings. The van der Waals surface area contributed by atoms with Crippen molar-refractivity contribution in [2.45, 2.75) is 0 Å². The highest BCUT2D eigenvalue weighted by Gasteiger charge is 1.57. The molecule has 0 unspecified atom stereocenters. The Morgan fingerprint density at radius 2 is 0.750 bits per heavy atom. The van der Waals surface area contributed by atoms with Crippen molar-refractivity contribution in [3.63, 3.8) is 0 Å². The summed E-state index contributed by atoms with van der Waals surface area (Å²) >= 11 is 0. The van der Waals surface area contributed by atoms with E-state index in [0.717, 1.165) is 26.4 Å². The predicted octanol–water partition coefficient (Wildman–Crippen LogP) is 0.706. The largest absolute Gasteiger partial charge is 0.400 e. The van der Waals surface area contributed by atoms with Crippen LogP contribution in [0.25, 0.3) is 0 Å². The number of hydrogen-bond acceptors (Lipinski definition) is 6. The average Bonchev–Trinajstić information content (AvgIpc) is 2.38. The molecule has 0 fully saturated rings. The fourth-order valence-electron chi connectivity index (χ4n) is 0.385. The minimum atomic E-state index is 0.750. The first-order valence-electron chi connectivity index (χ1n) is 3.80. The van der Waals surface area contributed by atoms with E-state index in [1.54, 1.807) is 0 Å². The molecular formula is C10H16N2O4. The average molecular weight is 228 g/mol. The lowest BCUT2D eigenvalue weighted by molar-refractivity contribution is 0.399. The first kappa shape index (κ1) is 23.6. The molecule has 0 spiro atoms. The third kappa shape index (κ3) is 93.0. The topological polar surface area (TPSA) is 122 Å². The summed E-state index contributed by atoms with van der Waals surface area (Å²) in [4.78, 5) is 16.7. The van der Waals surface area contributed by atoms with Gasteiger partial charge in [-0.25, -0.2) is 20.4 Å². The molecule has 0 saturated heterocycles. The summed E-state index contributed by atoms with van der Waals surface area (Å²) in [7, 11) is 2.00. The second kappa shape index (κ2) is 52.5. The summed E-state index contributed by atoms with van der Waals surface area (Å²) in [6, 6.07) is 12.0. The minimum absolute atomic E-state index is 0.750. The van der Waals surface area contributed by atoms with Gasteiger partial charge in [0.05, 0.1) is 0 Å². The Morgan fingerprint density at radius 3 is 0.812 bits per heavy atom. The van der Waals surface area contributed by atoms with Crippen LogP contribution in [0, 0.1) is 10.8 Å². The fraction of sp³-hybridized carbons (Fsp3) is 0.200. The molecule has 0 aliphatic heterocycles. The van der Waals surface area contributed by atoms with Gasteiger partial charge in [-0.2, -0.15) is 0 Å². The molecule has 0 atom stereocenters. The standard InChI is InChI=1S/C6H6.2CHNO.2CH4O/c1-2-4-6-5-3-1;2*2-1-3;2*1-2/h1-6H;2*2H;2*2H,1H3. The van der Waals surface area contributed by atoms with Crippen molar-refractivity contribution < 1.29 is 19.8 Å². The van der Waals surface area contributed by atoms with E-state index in [1.165, 1.54) is 0 Å². The Labute approximate surface area is 94.2 Å². The molecule has 0 bridgehead atoms. The van der Waals surface area contributed by atoms with Crippen LogP contribution in [0.1, 0.15) is 0 Å². The van der Waals surface area contributed by atoms with Crippen LogP contribution in [0.3, 0.4) is 0 Å². The molecule has 90 valence electrons. The number of carbonyl (C=O) groups excluding carboxylic acids is 2. The SMILES string of the molecule is CO.CO.N=C=O.N=C=O.c1ccccc1. The molecule has 4 N–H and O–H groups in total. The van der Waals surface area contributed by atoms with E-state index in [0.29, 0.717) is 0 Å². The molecule has 1 aromatic rings. The Balaban J connectivity index is -0.0000000630. The van der Waals surface area contributed by atoms with Crippen molar-refractivity contribution in [3.8, 4) is 0 Å². The number of benzene rings is 1. The van der Waals surface area contributed by atoms with Crippen LogP contribution in [0.4, 0.5) is 0 Å². The van der Waals surface area contributed by atoms with E-state index in [2.05, 4.69) is 0 Å². The third-order valence-electron chi connectivity index (χ3n) is 0.667. The highest BCUT2D eigenvalue weighted by atomic mass is 16.2. The quantitative estimate of drug-likeness (QED) is 0.385. The molecule has 0 aliphatic carbocycles. The van der Waals surface area contributed by atoms with Gasteiger partial charge < -0.3 is 10.2 Å².